The normalized spacial score (nSPS) is 13.0. The molecule has 6 nitrogen and oxygen atoms in total. The van der Waals surface area contributed by atoms with E-state index in [9.17, 15) is 8.42 Å². The molecule has 37 heavy (non-hydrogen) atoms. The lowest BCUT2D eigenvalue weighted by atomic mass is 10.2. The molecule has 0 aliphatic rings. The van der Waals surface area contributed by atoms with E-state index in [1.807, 2.05) is 48.5 Å². The van der Waals surface area contributed by atoms with Crippen molar-refractivity contribution in [2.45, 2.75) is 58.0 Å². The second-order valence-electron chi connectivity index (χ2n) is 11.5. The topological polar surface area (TPSA) is 65.1 Å². The molecule has 0 saturated heterocycles. The van der Waals surface area contributed by atoms with Gasteiger partial charge in [0.05, 0.1) is 0 Å². The molecule has 0 fully saturated rings. The number of hydrogen-bond acceptors (Lipinski definition) is 5. The van der Waals surface area contributed by atoms with Crippen LogP contribution in [0, 0.1) is 0 Å². The van der Waals surface area contributed by atoms with Crippen molar-refractivity contribution in [2.75, 3.05) is 26.7 Å². The first-order valence-corrected chi connectivity index (χ1v) is 22.3. The van der Waals surface area contributed by atoms with Gasteiger partial charge in [0.25, 0.3) is 0 Å². The minimum absolute atomic E-state index is 0.0214. The quantitative estimate of drug-likeness (QED) is 0.111. The van der Waals surface area contributed by atoms with Crippen LogP contribution in [-0.2, 0) is 26.1 Å². The summed E-state index contributed by atoms with van der Waals surface area (Å²) in [5.74, 6) is 0.716. The Balaban J connectivity index is 1.98. The zero-order valence-electron chi connectivity index (χ0n) is 23.0. The smallest absolute Gasteiger partial charge is 0.240 e. The van der Waals surface area contributed by atoms with Crippen molar-refractivity contribution < 1.29 is 22.6 Å². The van der Waals surface area contributed by atoms with Crippen molar-refractivity contribution >= 4 is 48.2 Å². The first-order valence-electron chi connectivity index (χ1n) is 12.5. The van der Waals surface area contributed by atoms with Gasteiger partial charge >= 0.3 is 0 Å². The number of nitrogens with zero attached hydrogens (tertiary/aromatic N) is 1. The maximum atomic E-state index is 13.1. The van der Waals surface area contributed by atoms with Crippen LogP contribution in [-0.4, -0.2) is 55.5 Å². The SMILES string of the molecule is C[Si](C)(C)CCOCN(COCC[Si](C)(C)C)S(=O)(=O)C=Cc1ccc(OCc2cccc(Br)c2)cc1. The maximum absolute atomic E-state index is 13.1. The van der Waals surface area contributed by atoms with Gasteiger partial charge in [-0.25, -0.2) is 8.42 Å². The van der Waals surface area contributed by atoms with Gasteiger partial charge in [-0.15, -0.1) is 4.31 Å². The molecule has 2 aromatic rings. The molecule has 0 aliphatic heterocycles. The van der Waals surface area contributed by atoms with E-state index in [4.69, 9.17) is 14.2 Å². The average molecular weight is 629 g/mol. The van der Waals surface area contributed by atoms with Crippen molar-refractivity contribution in [3.63, 3.8) is 0 Å². The van der Waals surface area contributed by atoms with E-state index in [2.05, 4.69) is 55.2 Å². The Hall–Kier alpha value is -1.28. The van der Waals surface area contributed by atoms with Gasteiger partial charge in [-0.1, -0.05) is 79.5 Å². The molecule has 0 atom stereocenters. The van der Waals surface area contributed by atoms with Gasteiger partial charge in [0.2, 0.25) is 10.0 Å². The number of halogens is 1. The summed E-state index contributed by atoms with van der Waals surface area (Å²) in [4.78, 5) is 0. The molecule has 2 aromatic carbocycles. The minimum Gasteiger partial charge on any atom is -0.489 e. The third-order valence-electron chi connectivity index (χ3n) is 5.43. The molecule has 0 bridgehead atoms. The molecule has 2 rings (SSSR count). The molecule has 0 radical (unpaired) electrons. The van der Waals surface area contributed by atoms with Gasteiger partial charge in [-0.3, -0.25) is 0 Å². The fraction of sp³-hybridized carbons (Fsp3) is 0.481. The highest BCUT2D eigenvalue weighted by Gasteiger charge is 2.21. The van der Waals surface area contributed by atoms with Crippen LogP contribution in [0.5, 0.6) is 5.75 Å². The highest BCUT2D eigenvalue weighted by Crippen LogP contribution is 2.18. The van der Waals surface area contributed by atoms with Gasteiger partial charge < -0.3 is 14.2 Å². The third kappa shape index (κ3) is 13.9. The second kappa shape index (κ2) is 14.8. The lowest BCUT2D eigenvalue weighted by molar-refractivity contribution is 0.00888. The molecular weight excluding hydrogens is 586 g/mol. The summed E-state index contributed by atoms with van der Waals surface area (Å²) >= 11 is 3.46. The first kappa shape index (κ1) is 31.9. The molecule has 0 unspecified atom stereocenters. The van der Waals surface area contributed by atoms with Crippen LogP contribution < -0.4 is 4.74 Å². The molecule has 0 spiro atoms. The van der Waals surface area contributed by atoms with Crippen molar-refractivity contribution in [2.24, 2.45) is 0 Å². The van der Waals surface area contributed by atoms with E-state index in [-0.39, 0.29) is 13.5 Å². The fourth-order valence-corrected chi connectivity index (χ4v) is 5.90. The molecule has 0 saturated carbocycles. The summed E-state index contributed by atoms with van der Waals surface area (Å²) in [6.45, 7) is 15.1. The molecule has 0 N–H and O–H groups in total. The maximum Gasteiger partial charge on any atom is 0.240 e. The Kier molecular flexibility index (Phi) is 12.7. The number of benzene rings is 2. The number of rotatable bonds is 16. The van der Waals surface area contributed by atoms with Crippen LogP contribution in [0.1, 0.15) is 11.1 Å². The predicted octanol–water partition coefficient (Wildman–Crippen LogP) is 7.26. The second-order valence-corrected chi connectivity index (χ2v) is 25.5. The number of sulfonamides is 1. The summed E-state index contributed by atoms with van der Waals surface area (Å²) < 4.78 is 45.8. The van der Waals surface area contributed by atoms with E-state index in [0.717, 1.165) is 27.7 Å². The average Bonchev–Trinajstić information content (AvgIpc) is 2.79. The minimum atomic E-state index is -3.72. The summed E-state index contributed by atoms with van der Waals surface area (Å²) in [6.07, 6.45) is 1.59. The van der Waals surface area contributed by atoms with Gasteiger partial charge in [0.1, 0.15) is 25.8 Å². The van der Waals surface area contributed by atoms with Crippen LogP contribution in [0.3, 0.4) is 0 Å². The largest absolute Gasteiger partial charge is 0.489 e. The molecular formula is C27H42BrNO5SSi2. The molecule has 0 aromatic heterocycles. The van der Waals surface area contributed by atoms with Crippen LogP contribution >= 0.6 is 15.9 Å². The van der Waals surface area contributed by atoms with E-state index in [1.54, 1.807) is 6.08 Å². The predicted molar refractivity (Wildman–Crippen MR) is 163 cm³/mol. The van der Waals surface area contributed by atoms with Crippen molar-refractivity contribution in [1.82, 2.24) is 4.31 Å². The first-order chi connectivity index (χ1) is 17.2. The zero-order chi connectivity index (χ0) is 27.5. The monoisotopic (exact) mass is 627 g/mol. The van der Waals surface area contributed by atoms with E-state index < -0.39 is 26.2 Å². The van der Waals surface area contributed by atoms with Crippen LogP contribution in [0.25, 0.3) is 6.08 Å². The third-order valence-corrected chi connectivity index (χ3v) is 10.7. The van der Waals surface area contributed by atoms with Crippen LogP contribution in [0.2, 0.25) is 51.4 Å². The summed E-state index contributed by atoms with van der Waals surface area (Å²) in [6, 6.07) is 17.2. The highest BCUT2D eigenvalue weighted by atomic mass is 79.9. The molecule has 0 heterocycles. The Morgan fingerprint density at radius 3 is 1.95 bits per heavy atom. The summed E-state index contributed by atoms with van der Waals surface area (Å²) in [5.41, 5.74) is 1.82. The number of hydrogen-bond donors (Lipinski definition) is 0. The molecule has 0 amide bonds. The highest BCUT2D eigenvalue weighted by molar-refractivity contribution is 9.10. The van der Waals surface area contributed by atoms with Gasteiger partial charge in [-0.2, -0.15) is 0 Å². The lowest BCUT2D eigenvalue weighted by Gasteiger charge is -2.22. The summed E-state index contributed by atoms with van der Waals surface area (Å²) in [7, 11) is -6.25. The van der Waals surface area contributed by atoms with Gasteiger partial charge in [0, 0.05) is 39.2 Å². The number of ether oxygens (including phenoxy) is 3. The van der Waals surface area contributed by atoms with Crippen molar-refractivity contribution in [3.05, 3.63) is 69.5 Å². The van der Waals surface area contributed by atoms with Gasteiger partial charge in [0.15, 0.2) is 0 Å². The van der Waals surface area contributed by atoms with E-state index in [1.165, 1.54) is 9.71 Å². The molecule has 0 aliphatic carbocycles. The van der Waals surface area contributed by atoms with Crippen LogP contribution in [0.15, 0.2) is 58.4 Å². The Labute approximate surface area is 234 Å². The summed E-state index contributed by atoms with van der Waals surface area (Å²) in [5, 5.41) is 1.22. The van der Waals surface area contributed by atoms with Gasteiger partial charge in [-0.05, 0) is 53.6 Å². The van der Waals surface area contributed by atoms with E-state index in [0.29, 0.717) is 25.6 Å². The Morgan fingerprint density at radius 1 is 0.865 bits per heavy atom. The lowest BCUT2D eigenvalue weighted by Crippen LogP contribution is -2.35. The molecule has 10 heteroatoms. The van der Waals surface area contributed by atoms with E-state index >= 15 is 0 Å². The standard InChI is InChI=1S/C27H42BrNO5SSi2/c1-36(2,3)18-15-32-22-29(23-33-16-19-37(4,5)6)35(30,31)17-14-24-10-12-27(13-11-24)34-21-25-8-7-9-26(28)20-25/h7-14,17,20H,15-16,18-19,21-23H2,1-6H3. The van der Waals surface area contributed by atoms with Crippen molar-refractivity contribution in [3.8, 4) is 5.75 Å². The Bertz CT molecular complexity index is 1080. The fourth-order valence-electron chi connectivity index (χ4n) is 2.99. The van der Waals surface area contributed by atoms with Crippen LogP contribution in [0.4, 0.5) is 0 Å². The Morgan fingerprint density at radius 2 is 1.43 bits per heavy atom. The molecule has 206 valence electrons. The van der Waals surface area contributed by atoms with Crippen molar-refractivity contribution in [1.29, 1.82) is 0 Å². The zero-order valence-corrected chi connectivity index (χ0v) is 27.4.